The van der Waals surface area contributed by atoms with Crippen molar-refractivity contribution < 1.29 is 14.3 Å². The Bertz CT molecular complexity index is 1560. The molecule has 3 heterocycles. The maximum Gasteiger partial charge on any atom is 0.251 e. The van der Waals surface area contributed by atoms with E-state index in [9.17, 15) is 4.79 Å². The Morgan fingerprint density at radius 1 is 0.800 bits per heavy atom. The van der Waals surface area contributed by atoms with E-state index in [0.29, 0.717) is 12.6 Å². The molecule has 0 bridgehead atoms. The summed E-state index contributed by atoms with van der Waals surface area (Å²) < 4.78 is 10.9. The molecule has 6 rings (SSSR count). The highest BCUT2D eigenvalue weighted by Gasteiger charge is 2.22. The molecule has 2 N–H and O–H groups in total. The van der Waals surface area contributed by atoms with Crippen LogP contribution >= 0.6 is 0 Å². The van der Waals surface area contributed by atoms with E-state index in [-0.39, 0.29) is 5.91 Å². The molecule has 0 spiro atoms. The second-order valence-electron chi connectivity index (χ2n) is 12.1. The number of anilines is 1. The summed E-state index contributed by atoms with van der Waals surface area (Å²) in [6.45, 7) is 6.77. The number of likely N-dealkylation sites (tertiary alicyclic amines) is 2. The fourth-order valence-corrected chi connectivity index (χ4v) is 6.39. The van der Waals surface area contributed by atoms with Crippen LogP contribution in [0, 0.1) is 0 Å². The van der Waals surface area contributed by atoms with E-state index < -0.39 is 0 Å². The number of nitrogens with zero attached hydrogens (tertiary/aromatic N) is 4. The molecule has 9 heteroatoms. The third kappa shape index (κ3) is 7.72. The largest absolute Gasteiger partial charge is 0.497 e. The van der Waals surface area contributed by atoms with Crippen LogP contribution < -0.4 is 20.1 Å². The van der Waals surface area contributed by atoms with Crippen molar-refractivity contribution >= 4 is 22.5 Å². The van der Waals surface area contributed by atoms with Crippen molar-refractivity contribution in [3.63, 3.8) is 0 Å². The fourth-order valence-electron chi connectivity index (χ4n) is 6.39. The lowest BCUT2D eigenvalue weighted by Gasteiger charge is -2.32. The molecule has 0 unspecified atom stereocenters. The second kappa shape index (κ2) is 14.7. The predicted molar refractivity (Wildman–Crippen MR) is 179 cm³/mol. The van der Waals surface area contributed by atoms with Gasteiger partial charge in [0.1, 0.15) is 17.2 Å². The summed E-state index contributed by atoms with van der Waals surface area (Å²) in [7, 11) is 3.35. The van der Waals surface area contributed by atoms with Gasteiger partial charge in [0.05, 0.1) is 14.2 Å². The molecule has 45 heavy (non-hydrogen) atoms. The lowest BCUT2D eigenvalue weighted by Crippen LogP contribution is -2.39. The smallest absolute Gasteiger partial charge is 0.251 e. The van der Waals surface area contributed by atoms with Gasteiger partial charge in [-0.05, 0) is 98.9 Å². The number of hydrogen-bond acceptors (Lipinski definition) is 8. The summed E-state index contributed by atoms with van der Waals surface area (Å²) in [6.07, 6.45) is 5.87. The number of piperidine rings is 2. The van der Waals surface area contributed by atoms with Crippen LogP contribution in [0.15, 0.2) is 66.7 Å². The number of carbonyl (C=O) groups excluding carboxylic acids is 1. The molecule has 1 aromatic heterocycles. The molecule has 4 aromatic rings. The Morgan fingerprint density at radius 2 is 1.51 bits per heavy atom. The van der Waals surface area contributed by atoms with Crippen LogP contribution in [0.2, 0.25) is 0 Å². The van der Waals surface area contributed by atoms with Gasteiger partial charge < -0.3 is 25.0 Å². The van der Waals surface area contributed by atoms with Crippen LogP contribution in [-0.2, 0) is 6.54 Å². The topological polar surface area (TPSA) is 91.9 Å². The highest BCUT2D eigenvalue weighted by molar-refractivity contribution is 6.01. The zero-order valence-corrected chi connectivity index (χ0v) is 26.4. The van der Waals surface area contributed by atoms with Gasteiger partial charge in [0.15, 0.2) is 5.82 Å². The highest BCUT2D eigenvalue weighted by atomic mass is 16.5. The first-order valence-corrected chi connectivity index (χ1v) is 16.2. The lowest BCUT2D eigenvalue weighted by atomic mass is 10.0. The van der Waals surface area contributed by atoms with E-state index in [2.05, 4.69) is 48.8 Å². The predicted octanol–water partition coefficient (Wildman–Crippen LogP) is 5.61. The number of hydrogen-bond donors (Lipinski definition) is 2. The van der Waals surface area contributed by atoms with Crippen molar-refractivity contribution in [2.75, 3.05) is 58.8 Å². The minimum atomic E-state index is 0.00993. The summed E-state index contributed by atoms with van der Waals surface area (Å²) >= 11 is 0. The van der Waals surface area contributed by atoms with Gasteiger partial charge in [0.25, 0.3) is 5.91 Å². The Hall–Kier alpha value is -4.21. The van der Waals surface area contributed by atoms with Crippen molar-refractivity contribution in [2.24, 2.45) is 0 Å². The van der Waals surface area contributed by atoms with Crippen LogP contribution in [-0.4, -0.2) is 85.4 Å². The van der Waals surface area contributed by atoms with Gasteiger partial charge in [-0.2, -0.15) is 0 Å². The number of carbonyl (C=O) groups is 1. The van der Waals surface area contributed by atoms with Crippen LogP contribution in [0.4, 0.5) is 5.82 Å². The highest BCUT2D eigenvalue weighted by Crippen LogP contribution is 2.34. The van der Waals surface area contributed by atoms with Crippen molar-refractivity contribution in [1.82, 2.24) is 25.3 Å². The quantitative estimate of drug-likeness (QED) is 0.227. The van der Waals surface area contributed by atoms with Gasteiger partial charge in [0.2, 0.25) is 0 Å². The van der Waals surface area contributed by atoms with Crippen molar-refractivity contribution in [1.29, 1.82) is 0 Å². The molecule has 2 aliphatic rings. The Kier molecular flexibility index (Phi) is 10.1. The Labute approximate surface area is 265 Å². The van der Waals surface area contributed by atoms with Crippen LogP contribution in [0.5, 0.6) is 11.5 Å². The third-order valence-electron chi connectivity index (χ3n) is 9.06. The van der Waals surface area contributed by atoms with Crippen molar-refractivity contribution in [3.8, 4) is 22.8 Å². The first kappa shape index (κ1) is 30.8. The van der Waals surface area contributed by atoms with Crippen molar-refractivity contribution in [2.45, 2.75) is 44.7 Å². The summed E-state index contributed by atoms with van der Waals surface area (Å²) in [5.74, 6) is 2.38. The number of ether oxygens (including phenoxy) is 2. The van der Waals surface area contributed by atoms with E-state index in [0.717, 1.165) is 97.0 Å². The maximum atomic E-state index is 12.6. The van der Waals surface area contributed by atoms with Crippen molar-refractivity contribution in [3.05, 3.63) is 77.9 Å². The van der Waals surface area contributed by atoms with Crippen LogP contribution in [0.25, 0.3) is 22.0 Å². The molecular weight excluding hydrogens is 564 g/mol. The zero-order chi connectivity index (χ0) is 31.0. The average molecular weight is 609 g/mol. The second-order valence-corrected chi connectivity index (χ2v) is 12.1. The summed E-state index contributed by atoms with van der Waals surface area (Å²) in [6, 6.07) is 22.3. The van der Waals surface area contributed by atoms with E-state index >= 15 is 0 Å². The van der Waals surface area contributed by atoms with E-state index in [1.807, 2.05) is 48.5 Å². The normalized spacial score (nSPS) is 16.4. The Balaban J connectivity index is 1.03. The SMILES string of the molecule is COc1ccc(-c2nnc(NC3CCN(Cc4ccc(C(=O)NCCN5CCCCC5)cc4)CC3)c3cc(OC)ccc23)cc1. The van der Waals surface area contributed by atoms with E-state index in [1.54, 1.807) is 14.2 Å². The zero-order valence-electron chi connectivity index (χ0n) is 26.4. The molecule has 2 fully saturated rings. The molecule has 3 aromatic carbocycles. The molecule has 1 amide bonds. The van der Waals surface area contributed by atoms with Gasteiger partial charge in [-0.25, -0.2) is 0 Å². The van der Waals surface area contributed by atoms with E-state index in [4.69, 9.17) is 9.47 Å². The molecule has 2 aliphatic heterocycles. The number of methoxy groups -OCH3 is 2. The number of nitrogens with one attached hydrogen (secondary N) is 2. The molecule has 0 atom stereocenters. The lowest BCUT2D eigenvalue weighted by molar-refractivity contribution is 0.0946. The molecule has 0 aliphatic carbocycles. The number of rotatable bonds is 11. The van der Waals surface area contributed by atoms with Gasteiger partial charge in [0, 0.05) is 60.7 Å². The monoisotopic (exact) mass is 608 g/mol. The maximum absolute atomic E-state index is 12.6. The van der Waals surface area contributed by atoms with Crippen LogP contribution in [0.1, 0.15) is 48.0 Å². The number of aromatic nitrogens is 2. The molecule has 0 saturated carbocycles. The molecule has 9 nitrogen and oxygen atoms in total. The van der Waals surface area contributed by atoms with Gasteiger partial charge in [-0.1, -0.05) is 18.6 Å². The molecule has 0 radical (unpaired) electrons. The number of benzene rings is 3. The summed E-state index contributed by atoms with van der Waals surface area (Å²) in [5.41, 5.74) is 3.77. The number of fused-ring (bicyclic) bond motifs is 1. The first-order chi connectivity index (χ1) is 22.1. The van der Waals surface area contributed by atoms with Gasteiger partial charge >= 0.3 is 0 Å². The standard InChI is InChI=1S/C36H44N6O3/c1-44-30-12-10-27(11-13-30)34-32-15-14-31(45-2)24-33(32)35(40-39-34)38-29-16-21-42(22-17-29)25-26-6-8-28(9-7-26)36(43)37-18-23-41-19-4-3-5-20-41/h6-15,24,29H,3-5,16-23,25H2,1-2H3,(H,37,43)(H,38,40). The average Bonchev–Trinajstić information content (AvgIpc) is 3.10. The van der Waals surface area contributed by atoms with Gasteiger partial charge in [-0.15, -0.1) is 10.2 Å². The minimum Gasteiger partial charge on any atom is -0.497 e. The minimum absolute atomic E-state index is 0.00993. The number of amides is 1. The third-order valence-corrected chi connectivity index (χ3v) is 9.06. The van der Waals surface area contributed by atoms with E-state index in [1.165, 1.54) is 24.8 Å². The molecule has 236 valence electrons. The van der Waals surface area contributed by atoms with Crippen LogP contribution in [0.3, 0.4) is 0 Å². The molecule has 2 saturated heterocycles. The Morgan fingerprint density at radius 3 is 2.22 bits per heavy atom. The fraction of sp³-hybridized carbons (Fsp3) is 0.417. The first-order valence-electron chi connectivity index (χ1n) is 16.2. The summed E-state index contributed by atoms with van der Waals surface area (Å²) in [4.78, 5) is 17.6. The molecular formula is C36H44N6O3. The van der Waals surface area contributed by atoms with Gasteiger partial charge in [-0.3, -0.25) is 9.69 Å². The summed E-state index contributed by atoms with van der Waals surface area (Å²) in [5, 5.41) is 18.1.